The third-order valence-corrected chi connectivity index (χ3v) is 11.2. The number of nitrogens with one attached hydrogen (secondary N) is 3. The zero-order valence-electron chi connectivity index (χ0n) is 28.8. The van der Waals surface area contributed by atoms with Crippen LogP contribution < -0.4 is 20.5 Å². The summed E-state index contributed by atoms with van der Waals surface area (Å²) in [4.78, 5) is 77.3. The zero-order valence-corrected chi connectivity index (χ0v) is 30.6. The van der Waals surface area contributed by atoms with Gasteiger partial charge >= 0.3 is 34.3 Å². The second-order valence-electron chi connectivity index (χ2n) is 12.4. The SMILES string of the molecule is CC(C)C[C@@H](NC(=O)[C@H](NC(=O)c1cccc(-c2ccccc2)[n+]1C)C(C)O)B1OCCN(CCOC(=O)NC(P(=O)(O)O)P(=O)(O)O)CCO1. The predicted molar refractivity (Wildman–Crippen MR) is 184 cm³/mol. The van der Waals surface area contributed by atoms with E-state index >= 15 is 0 Å². The first-order valence-electron chi connectivity index (χ1n) is 16.2. The fraction of sp³-hybridized carbons (Fsp3) is 0.533. The van der Waals surface area contributed by atoms with Gasteiger partial charge in [0.1, 0.15) is 19.7 Å². The number of ether oxygens (including phenoxy) is 1. The second-order valence-corrected chi connectivity index (χ2v) is 16.2. The Balaban J connectivity index is 1.58. The van der Waals surface area contributed by atoms with Crippen molar-refractivity contribution in [2.75, 3.05) is 39.5 Å². The lowest BCUT2D eigenvalue weighted by molar-refractivity contribution is -0.662. The van der Waals surface area contributed by atoms with E-state index in [1.165, 1.54) is 12.2 Å². The quantitative estimate of drug-likeness (QED) is 0.0673. The molecule has 1 fully saturated rings. The molecule has 3 rings (SSSR count). The molecule has 0 spiro atoms. The van der Waals surface area contributed by atoms with Crippen LogP contribution in [0.2, 0.25) is 0 Å². The molecule has 2 aromatic rings. The Hall–Kier alpha value is -3.22. The Kier molecular flexibility index (Phi) is 15.7. The molecule has 8 N–H and O–H groups in total. The number of aliphatic hydroxyl groups is 1. The molecule has 282 valence electrons. The minimum atomic E-state index is -5.37. The van der Waals surface area contributed by atoms with Crippen molar-refractivity contribution in [3.63, 3.8) is 0 Å². The highest BCUT2D eigenvalue weighted by atomic mass is 31.2. The van der Waals surface area contributed by atoms with Crippen molar-refractivity contribution in [3.8, 4) is 11.3 Å². The maximum absolute atomic E-state index is 13.6. The van der Waals surface area contributed by atoms with E-state index < -0.39 is 63.8 Å². The fourth-order valence-electron chi connectivity index (χ4n) is 5.34. The molecule has 21 heteroatoms. The molecule has 18 nitrogen and oxygen atoms in total. The van der Waals surface area contributed by atoms with Crippen molar-refractivity contribution in [3.05, 3.63) is 54.2 Å². The van der Waals surface area contributed by atoms with Gasteiger partial charge in [-0.1, -0.05) is 32.0 Å². The molecule has 3 atom stereocenters. The maximum atomic E-state index is 13.6. The molecule has 0 saturated carbocycles. The molecule has 1 aliphatic heterocycles. The minimum absolute atomic E-state index is 0.0999. The van der Waals surface area contributed by atoms with Crippen LogP contribution in [0.3, 0.4) is 0 Å². The highest BCUT2D eigenvalue weighted by Crippen LogP contribution is 2.58. The lowest BCUT2D eigenvalue weighted by atomic mass is 9.73. The van der Waals surface area contributed by atoms with Crippen LogP contribution in [0.4, 0.5) is 4.79 Å². The van der Waals surface area contributed by atoms with E-state index in [0.29, 0.717) is 19.5 Å². The molecule has 2 heterocycles. The van der Waals surface area contributed by atoms with Gasteiger partial charge in [-0.3, -0.25) is 28.9 Å². The van der Waals surface area contributed by atoms with Gasteiger partial charge in [0.25, 0.3) is 5.69 Å². The van der Waals surface area contributed by atoms with Gasteiger partial charge in [-0.2, -0.15) is 4.57 Å². The number of hydrogen-bond acceptors (Lipinski definition) is 10. The predicted octanol–water partition coefficient (Wildman–Crippen LogP) is -0.0704. The van der Waals surface area contributed by atoms with Crippen LogP contribution in [-0.4, -0.2) is 118 Å². The largest absolute Gasteiger partial charge is 0.480 e. The van der Waals surface area contributed by atoms with E-state index in [1.54, 1.807) is 28.6 Å². The Bertz CT molecular complexity index is 1540. The van der Waals surface area contributed by atoms with Crippen LogP contribution in [0.5, 0.6) is 0 Å². The topological polar surface area (TPSA) is 257 Å². The van der Waals surface area contributed by atoms with Crippen LogP contribution in [0.15, 0.2) is 48.5 Å². The standard InChI is InChI=1S/C30H46BN5O13P2/c1-20(2)19-25(31-48-17-14-36(15-18-49-31)13-16-47-29(40)34-30(50(41,42)43)51(44,45)46)32-28(39)26(21(3)37)33-27(38)24-12-8-11-23(35(24)4)22-9-6-5-7-10-22/h5-12,20-21,25-26,30,37H,13-19H2,1-4H3,(H6-,32,33,34,38,39,40,41,42,43,44,45,46)/p+1/t21?,25-,26-/m1/s1. The summed E-state index contributed by atoms with van der Waals surface area (Å²) in [6.07, 6.45) is -2.21. The maximum Gasteiger partial charge on any atom is 0.480 e. The number of pyridine rings is 1. The monoisotopic (exact) mass is 758 g/mol. The summed E-state index contributed by atoms with van der Waals surface area (Å²) in [5.41, 5.74) is -0.774. The van der Waals surface area contributed by atoms with Crippen LogP contribution in [0.25, 0.3) is 11.3 Å². The van der Waals surface area contributed by atoms with Crippen molar-refractivity contribution in [2.45, 2.75) is 50.8 Å². The van der Waals surface area contributed by atoms with Crippen molar-refractivity contribution in [1.82, 2.24) is 20.9 Å². The summed E-state index contributed by atoms with van der Waals surface area (Å²) in [6, 6.07) is 13.4. The van der Waals surface area contributed by atoms with E-state index in [9.17, 15) is 28.6 Å². The molecule has 1 aromatic heterocycles. The van der Waals surface area contributed by atoms with Gasteiger partial charge in [0.05, 0.1) is 12.0 Å². The number of benzene rings is 1. The first kappa shape index (κ1) is 42.2. The molecular weight excluding hydrogens is 711 g/mol. The van der Waals surface area contributed by atoms with Gasteiger partial charge in [-0.25, -0.2) is 4.79 Å². The van der Waals surface area contributed by atoms with Gasteiger partial charge < -0.3 is 49.4 Å². The van der Waals surface area contributed by atoms with Crippen LogP contribution >= 0.6 is 15.2 Å². The summed E-state index contributed by atoms with van der Waals surface area (Å²) in [5.74, 6) is -1.73. The van der Waals surface area contributed by atoms with E-state index in [1.807, 2.05) is 50.2 Å². The molecule has 1 saturated heterocycles. The molecule has 0 radical (unpaired) electrons. The third kappa shape index (κ3) is 13.1. The van der Waals surface area contributed by atoms with Crippen LogP contribution in [-0.2, 0) is 35.0 Å². The van der Waals surface area contributed by atoms with Gasteiger partial charge in [-0.15, -0.1) is 0 Å². The number of nitrogens with zero attached hydrogens (tertiary/aromatic N) is 2. The summed E-state index contributed by atoms with van der Waals surface area (Å²) in [6.45, 7) is 6.10. The highest BCUT2D eigenvalue weighted by molar-refractivity contribution is 7.70. The van der Waals surface area contributed by atoms with E-state index in [0.717, 1.165) is 11.3 Å². The van der Waals surface area contributed by atoms with Gasteiger partial charge in [0.2, 0.25) is 17.1 Å². The Morgan fingerprint density at radius 1 is 0.922 bits per heavy atom. The second kappa shape index (κ2) is 19.0. The molecule has 1 aliphatic rings. The van der Waals surface area contributed by atoms with Gasteiger partial charge in [0.15, 0.2) is 0 Å². The first-order valence-corrected chi connectivity index (χ1v) is 19.6. The average molecular weight is 758 g/mol. The molecule has 1 unspecified atom stereocenters. The van der Waals surface area contributed by atoms with Crippen molar-refractivity contribution in [2.24, 2.45) is 13.0 Å². The molecule has 0 bridgehead atoms. The molecule has 1 aromatic carbocycles. The summed E-state index contributed by atoms with van der Waals surface area (Å²) in [5, 5.41) is 17.6. The lowest BCUT2D eigenvalue weighted by Crippen LogP contribution is -2.59. The number of aliphatic hydroxyl groups excluding tert-OH is 1. The van der Waals surface area contributed by atoms with Crippen LogP contribution in [0, 0.1) is 5.92 Å². The highest BCUT2D eigenvalue weighted by Gasteiger charge is 2.45. The summed E-state index contributed by atoms with van der Waals surface area (Å²) >= 11 is 0. The van der Waals surface area contributed by atoms with Gasteiger partial charge in [-0.05, 0) is 37.5 Å². The summed E-state index contributed by atoms with van der Waals surface area (Å²) < 4.78 is 41.2. The molecular formula is C30H47BN5O13P2+. The lowest BCUT2D eigenvalue weighted by Gasteiger charge is -2.32. The number of amides is 3. The van der Waals surface area contributed by atoms with Crippen LogP contribution in [0.1, 0.15) is 37.7 Å². The number of carbonyl (C=O) groups excluding carboxylic acids is 3. The fourth-order valence-corrected chi connectivity index (χ4v) is 7.45. The van der Waals surface area contributed by atoms with Crippen molar-refractivity contribution < 1.29 is 66.8 Å². The number of aromatic nitrogens is 1. The number of alkyl carbamates (subject to hydrolysis) is 1. The Morgan fingerprint density at radius 3 is 2.08 bits per heavy atom. The van der Waals surface area contributed by atoms with Gasteiger partial charge in [0, 0.05) is 50.5 Å². The minimum Gasteiger partial charge on any atom is -0.448 e. The Labute approximate surface area is 296 Å². The average Bonchev–Trinajstić information content (AvgIpc) is 3.02. The summed E-state index contributed by atoms with van der Waals surface area (Å²) in [7, 11) is -9.88. The normalized spacial score (nSPS) is 16.5. The smallest absolute Gasteiger partial charge is 0.448 e. The van der Waals surface area contributed by atoms with Crippen molar-refractivity contribution in [1.29, 1.82) is 0 Å². The van der Waals surface area contributed by atoms with E-state index in [2.05, 4.69) is 10.6 Å². The Morgan fingerprint density at radius 2 is 1.53 bits per heavy atom. The number of rotatable bonds is 15. The first-order chi connectivity index (χ1) is 23.9. The number of hydrogen-bond donors (Lipinski definition) is 8. The molecule has 0 aliphatic carbocycles. The number of carbonyl (C=O) groups is 3. The van der Waals surface area contributed by atoms with Crippen molar-refractivity contribution >= 4 is 40.2 Å². The third-order valence-electron chi connectivity index (χ3n) is 7.87. The van der Waals surface area contributed by atoms with E-state index in [-0.39, 0.29) is 38.0 Å². The molecule has 3 amide bonds. The van der Waals surface area contributed by atoms with E-state index in [4.69, 9.17) is 33.6 Å². The zero-order chi connectivity index (χ0) is 37.9. The molecule has 51 heavy (non-hydrogen) atoms.